The van der Waals surface area contributed by atoms with E-state index in [9.17, 15) is 14.4 Å². The Morgan fingerprint density at radius 1 is 1.28 bits per heavy atom. The average molecular weight is 341 g/mol. The molecule has 25 heavy (non-hydrogen) atoms. The van der Waals surface area contributed by atoms with Crippen LogP contribution in [-0.4, -0.2) is 29.3 Å². The Kier molecular flexibility index (Phi) is 4.31. The molecule has 2 aromatic rings. The molecule has 1 aromatic heterocycles. The molecule has 7 nitrogen and oxygen atoms in total. The molecule has 1 atom stereocenters. The zero-order chi connectivity index (χ0) is 18.0. The van der Waals surface area contributed by atoms with Crippen LogP contribution in [0.3, 0.4) is 0 Å². The van der Waals surface area contributed by atoms with Gasteiger partial charge in [0.2, 0.25) is 5.91 Å². The standard InChI is InChI=1S/C18H19N3O4/c1-3-12-6-4-7-13(10-12)19-15(22)11-21-16(23)18(2,20-17(21)24)14-8-5-9-25-14/h4-10H,3,11H2,1-2H3,(H,19,22)(H,20,24). The van der Waals surface area contributed by atoms with E-state index >= 15 is 0 Å². The van der Waals surface area contributed by atoms with Gasteiger partial charge in [-0.05, 0) is 43.2 Å². The second-order valence-corrected chi connectivity index (χ2v) is 6.03. The number of carbonyl (C=O) groups is 3. The highest BCUT2D eigenvalue weighted by molar-refractivity contribution is 6.10. The predicted molar refractivity (Wildman–Crippen MR) is 90.8 cm³/mol. The number of imide groups is 1. The van der Waals surface area contributed by atoms with Gasteiger partial charge in [-0.15, -0.1) is 0 Å². The minimum atomic E-state index is -1.30. The maximum Gasteiger partial charge on any atom is 0.325 e. The molecular formula is C18H19N3O4. The number of furan rings is 1. The van der Waals surface area contributed by atoms with Crippen molar-refractivity contribution in [2.75, 3.05) is 11.9 Å². The fourth-order valence-electron chi connectivity index (χ4n) is 2.78. The van der Waals surface area contributed by atoms with E-state index in [0.29, 0.717) is 11.4 Å². The molecule has 0 saturated carbocycles. The Hall–Kier alpha value is -3.09. The smallest absolute Gasteiger partial charge is 0.325 e. The lowest BCUT2D eigenvalue weighted by molar-refractivity contribution is -0.134. The first-order chi connectivity index (χ1) is 11.9. The normalized spacial score (nSPS) is 19.8. The Balaban J connectivity index is 1.71. The molecule has 1 aromatic carbocycles. The topological polar surface area (TPSA) is 91.7 Å². The summed E-state index contributed by atoms with van der Waals surface area (Å²) >= 11 is 0. The molecule has 0 aliphatic carbocycles. The lowest BCUT2D eigenvalue weighted by Crippen LogP contribution is -2.41. The van der Waals surface area contributed by atoms with Crippen molar-refractivity contribution < 1.29 is 18.8 Å². The predicted octanol–water partition coefficient (Wildman–Crippen LogP) is 2.25. The first kappa shape index (κ1) is 16.8. The van der Waals surface area contributed by atoms with Gasteiger partial charge < -0.3 is 15.1 Å². The Morgan fingerprint density at radius 3 is 2.76 bits per heavy atom. The van der Waals surface area contributed by atoms with Gasteiger partial charge in [0, 0.05) is 5.69 Å². The molecular weight excluding hydrogens is 322 g/mol. The number of hydrogen-bond donors (Lipinski definition) is 2. The molecule has 2 heterocycles. The van der Waals surface area contributed by atoms with Gasteiger partial charge in [0.25, 0.3) is 5.91 Å². The van der Waals surface area contributed by atoms with E-state index in [4.69, 9.17) is 4.42 Å². The number of nitrogens with one attached hydrogen (secondary N) is 2. The number of rotatable bonds is 5. The molecule has 1 aliphatic heterocycles. The largest absolute Gasteiger partial charge is 0.466 e. The summed E-state index contributed by atoms with van der Waals surface area (Å²) in [5.41, 5.74) is 0.409. The Bertz CT molecular complexity index is 815. The fraction of sp³-hybridized carbons (Fsp3) is 0.278. The van der Waals surface area contributed by atoms with Crippen LogP contribution >= 0.6 is 0 Å². The van der Waals surface area contributed by atoms with Crippen LogP contribution in [0.4, 0.5) is 10.5 Å². The SMILES string of the molecule is CCc1cccc(NC(=O)CN2C(=O)NC(C)(c3ccco3)C2=O)c1. The van der Waals surface area contributed by atoms with Gasteiger partial charge in [0.1, 0.15) is 12.3 Å². The van der Waals surface area contributed by atoms with Gasteiger partial charge in [-0.3, -0.25) is 14.5 Å². The van der Waals surface area contributed by atoms with Crippen molar-refractivity contribution in [1.29, 1.82) is 0 Å². The maximum absolute atomic E-state index is 12.6. The number of anilines is 1. The second-order valence-electron chi connectivity index (χ2n) is 6.03. The van der Waals surface area contributed by atoms with E-state index in [0.717, 1.165) is 16.9 Å². The van der Waals surface area contributed by atoms with Crippen molar-refractivity contribution in [3.05, 3.63) is 54.0 Å². The van der Waals surface area contributed by atoms with Crippen molar-refractivity contribution in [1.82, 2.24) is 10.2 Å². The molecule has 0 radical (unpaired) electrons. The first-order valence-corrected chi connectivity index (χ1v) is 8.01. The third-order valence-corrected chi connectivity index (χ3v) is 4.21. The van der Waals surface area contributed by atoms with Crippen LogP contribution in [0.5, 0.6) is 0 Å². The second kappa shape index (κ2) is 6.43. The highest BCUT2D eigenvalue weighted by atomic mass is 16.3. The number of nitrogens with zero attached hydrogens (tertiary/aromatic N) is 1. The number of amides is 4. The van der Waals surface area contributed by atoms with Gasteiger partial charge >= 0.3 is 6.03 Å². The van der Waals surface area contributed by atoms with Gasteiger partial charge in [0.05, 0.1) is 6.26 Å². The zero-order valence-corrected chi connectivity index (χ0v) is 14.0. The minimum Gasteiger partial charge on any atom is -0.466 e. The van der Waals surface area contributed by atoms with Crippen LogP contribution in [0.25, 0.3) is 0 Å². The monoisotopic (exact) mass is 341 g/mol. The zero-order valence-electron chi connectivity index (χ0n) is 14.0. The van der Waals surface area contributed by atoms with E-state index in [1.54, 1.807) is 25.1 Å². The summed E-state index contributed by atoms with van der Waals surface area (Å²) in [4.78, 5) is 37.9. The number of benzene rings is 1. The average Bonchev–Trinajstić information content (AvgIpc) is 3.20. The maximum atomic E-state index is 12.6. The molecule has 130 valence electrons. The molecule has 1 saturated heterocycles. The quantitative estimate of drug-likeness (QED) is 0.816. The lowest BCUT2D eigenvalue weighted by Gasteiger charge is -2.18. The van der Waals surface area contributed by atoms with Crippen molar-refractivity contribution in [2.24, 2.45) is 0 Å². The number of urea groups is 1. The summed E-state index contributed by atoms with van der Waals surface area (Å²) < 4.78 is 5.25. The summed E-state index contributed by atoms with van der Waals surface area (Å²) in [6, 6.07) is 10.0. The summed E-state index contributed by atoms with van der Waals surface area (Å²) in [6.07, 6.45) is 2.27. The third kappa shape index (κ3) is 3.13. The molecule has 1 fully saturated rings. The van der Waals surface area contributed by atoms with Crippen LogP contribution < -0.4 is 10.6 Å². The van der Waals surface area contributed by atoms with Crippen LogP contribution in [0, 0.1) is 0 Å². The van der Waals surface area contributed by atoms with Crippen molar-refractivity contribution >= 4 is 23.5 Å². The van der Waals surface area contributed by atoms with Gasteiger partial charge in [-0.1, -0.05) is 19.1 Å². The van der Waals surface area contributed by atoms with E-state index in [2.05, 4.69) is 10.6 Å². The molecule has 4 amide bonds. The van der Waals surface area contributed by atoms with Crippen LogP contribution in [0.1, 0.15) is 25.2 Å². The molecule has 1 aliphatic rings. The van der Waals surface area contributed by atoms with E-state index in [1.807, 2.05) is 25.1 Å². The molecule has 0 bridgehead atoms. The van der Waals surface area contributed by atoms with Crippen LogP contribution in [0.2, 0.25) is 0 Å². The summed E-state index contributed by atoms with van der Waals surface area (Å²) in [5, 5.41) is 5.29. The molecule has 3 rings (SSSR count). The summed E-state index contributed by atoms with van der Waals surface area (Å²) in [6.45, 7) is 3.20. The number of carbonyl (C=O) groups excluding carboxylic acids is 3. The first-order valence-electron chi connectivity index (χ1n) is 8.01. The molecule has 7 heteroatoms. The van der Waals surface area contributed by atoms with Crippen molar-refractivity contribution in [3.8, 4) is 0 Å². The van der Waals surface area contributed by atoms with Gasteiger partial charge in [-0.2, -0.15) is 0 Å². The van der Waals surface area contributed by atoms with E-state index in [-0.39, 0.29) is 6.54 Å². The molecule has 1 unspecified atom stereocenters. The van der Waals surface area contributed by atoms with Crippen molar-refractivity contribution in [2.45, 2.75) is 25.8 Å². The lowest BCUT2D eigenvalue weighted by atomic mass is 9.99. The molecule has 2 N–H and O–H groups in total. The fourth-order valence-corrected chi connectivity index (χ4v) is 2.78. The van der Waals surface area contributed by atoms with Crippen LogP contribution in [-0.2, 0) is 21.5 Å². The van der Waals surface area contributed by atoms with Crippen LogP contribution in [0.15, 0.2) is 47.1 Å². The van der Waals surface area contributed by atoms with E-state index < -0.39 is 23.4 Å². The van der Waals surface area contributed by atoms with Gasteiger partial charge in [-0.25, -0.2) is 4.79 Å². The third-order valence-electron chi connectivity index (χ3n) is 4.21. The molecule has 0 spiro atoms. The summed E-state index contributed by atoms with van der Waals surface area (Å²) in [5.74, 6) is -0.644. The Morgan fingerprint density at radius 2 is 2.08 bits per heavy atom. The number of hydrogen-bond acceptors (Lipinski definition) is 4. The van der Waals surface area contributed by atoms with E-state index in [1.165, 1.54) is 6.26 Å². The number of aryl methyl sites for hydroxylation is 1. The highest BCUT2D eigenvalue weighted by Crippen LogP contribution is 2.28. The van der Waals surface area contributed by atoms with Crippen molar-refractivity contribution in [3.63, 3.8) is 0 Å². The Labute approximate surface area is 145 Å². The van der Waals surface area contributed by atoms with Gasteiger partial charge in [0.15, 0.2) is 5.54 Å². The summed E-state index contributed by atoms with van der Waals surface area (Å²) in [7, 11) is 0. The minimum absolute atomic E-state index is 0.324. The highest BCUT2D eigenvalue weighted by Gasteiger charge is 2.51.